The highest BCUT2D eigenvalue weighted by Crippen LogP contribution is 2.31. The molecule has 0 saturated heterocycles. The standard InChI is InChI=1S/C18H15F2N5S/c19-12-4-2-11(3-5-12)16-15(20)13(6-9-21-16)14-10-26-18(24-14)25-17-22-7-1-8-23-17/h2-6,9-10H,1,7-8H2,(H2,22,23,24,25). The SMILES string of the molecule is Fc1ccc(-c2nccc(-c3csc(NC4=NCCCN4)n3)c2F)cc1. The third-order valence-corrected chi connectivity index (χ3v) is 4.67. The summed E-state index contributed by atoms with van der Waals surface area (Å²) in [6, 6.07) is 7.16. The van der Waals surface area contributed by atoms with Crippen molar-refractivity contribution in [3.8, 4) is 22.5 Å². The lowest BCUT2D eigenvalue weighted by Crippen LogP contribution is -2.35. The molecule has 0 spiro atoms. The first-order valence-electron chi connectivity index (χ1n) is 8.12. The lowest BCUT2D eigenvalue weighted by Gasteiger charge is -2.14. The van der Waals surface area contributed by atoms with Crippen molar-refractivity contribution in [2.24, 2.45) is 4.99 Å². The Morgan fingerprint density at radius 1 is 1.12 bits per heavy atom. The molecule has 26 heavy (non-hydrogen) atoms. The number of guanidine groups is 1. The predicted molar refractivity (Wildman–Crippen MR) is 99.2 cm³/mol. The molecule has 5 nitrogen and oxygen atoms in total. The Morgan fingerprint density at radius 2 is 1.96 bits per heavy atom. The molecule has 0 radical (unpaired) electrons. The summed E-state index contributed by atoms with van der Waals surface area (Å²) in [6.07, 6.45) is 2.53. The molecule has 0 saturated carbocycles. The molecule has 132 valence electrons. The lowest BCUT2D eigenvalue weighted by atomic mass is 10.1. The average molecular weight is 371 g/mol. The van der Waals surface area contributed by atoms with Crippen LogP contribution in [0.25, 0.3) is 22.5 Å². The molecule has 0 aliphatic carbocycles. The van der Waals surface area contributed by atoms with Gasteiger partial charge in [-0.25, -0.2) is 13.8 Å². The number of benzene rings is 1. The molecule has 2 aromatic heterocycles. The summed E-state index contributed by atoms with van der Waals surface area (Å²) in [5.74, 6) is -0.178. The van der Waals surface area contributed by atoms with E-state index in [0.717, 1.165) is 19.5 Å². The molecule has 3 aromatic rings. The van der Waals surface area contributed by atoms with Gasteiger partial charge in [0.25, 0.3) is 0 Å². The maximum absolute atomic E-state index is 15.0. The van der Waals surface area contributed by atoms with Gasteiger partial charge in [0.05, 0.1) is 5.69 Å². The Hall–Kier alpha value is -2.87. The molecule has 1 aliphatic rings. The fourth-order valence-electron chi connectivity index (χ4n) is 2.62. The molecule has 2 N–H and O–H groups in total. The van der Waals surface area contributed by atoms with Crippen molar-refractivity contribution in [2.45, 2.75) is 6.42 Å². The molecule has 0 atom stereocenters. The monoisotopic (exact) mass is 371 g/mol. The van der Waals surface area contributed by atoms with Gasteiger partial charge in [0, 0.05) is 35.8 Å². The molecular weight excluding hydrogens is 356 g/mol. The Labute approximate surface area is 152 Å². The largest absolute Gasteiger partial charge is 0.356 e. The van der Waals surface area contributed by atoms with Gasteiger partial charge in [-0.05, 0) is 36.8 Å². The van der Waals surface area contributed by atoms with Crippen LogP contribution in [0.15, 0.2) is 46.9 Å². The maximum Gasteiger partial charge on any atom is 0.197 e. The van der Waals surface area contributed by atoms with E-state index in [4.69, 9.17) is 0 Å². The smallest absolute Gasteiger partial charge is 0.197 e. The second kappa shape index (κ2) is 7.17. The number of nitrogens with zero attached hydrogens (tertiary/aromatic N) is 3. The van der Waals surface area contributed by atoms with Crippen molar-refractivity contribution < 1.29 is 8.78 Å². The Bertz CT molecular complexity index is 952. The molecule has 1 aliphatic heterocycles. The number of halogens is 2. The molecule has 4 rings (SSSR count). The van der Waals surface area contributed by atoms with Crippen molar-refractivity contribution in [3.05, 3.63) is 53.5 Å². The third-order valence-electron chi connectivity index (χ3n) is 3.91. The number of rotatable bonds is 3. The third kappa shape index (κ3) is 3.41. The van der Waals surface area contributed by atoms with Crippen LogP contribution >= 0.6 is 11.3 Å². The van der Waals surface area contributed by atoms with Crippen LogP contribution in [0.1, 0.15) is 6.42 Å². The summed E-state index contributed by atoms with van der Waals surface area (Å²) in [6.45, 7) is 1.64. The zero-order valence-electron chi connectivity index (χ0n) is 13.7. The zero-order valence-corrected chi connectivity index (χ0v) is 14.5. The topological polar surface area (TPSA) is 62.2 Å². The minimum atomic E-state index is -0.482. The number of pyridine rings is 1. The van der Waals surface area contributed by atoms with Crippen molar-refractivity contribution in [2.75, 3.05) is 18.4 Å². The van der Waals surface area contributed by atoms with Crippen molar-refractivity contribution in [1.82, 2.24) is 15.3 Å². The van der Waals surface area contributed by atoms with E-state index in [9.17, 15) is 8.78 Å². The molecule has 0 fully saturated rings. The van der Waals surface area contributed by atoms with Gasteiger partial charge in [0.15, 0.2) is 16.9 Å². The van der Waals surface area contributed by atoms with Crippen LogP contribution in [0.4, 0.5) is 13.9 Å². The molecule has 0 bridgehead atoms. The highest BCUT2D eigenvalue weighted by atomic mass is 32.1. The Morgan fingerprint density at radius 3 is 2.73 bits per heavy atom. The Kier molecular flexibility index (Phi) is 4.57. The van der Waals surface area contributed by atoms with Gasteiger partial charge in [0.2, 0.25) is 0 Å². The van der Waals surface area contributed by atoms with Gasteiger partial charge in [-0.15, -0.1) is 11.3 Å². The molecule has 0 unspecified atom stereocenters. The fraction of sp³-hybridized carbons (Fsp3) is 0.167. The van der Waals surface area contributed by atoms with Gasteiger partial charge >= 0.3 is 0 Å². The predicted octanol–water partition coefficient (Wildman–Crippen LogP) is 3.91. The van der Waals surface area contributed by atoms with Crippen LogP contribution in [-0.4, -0.2) is 29.0 Å². The molecular formula is C18H15F2N5S. The summed E-state index contributed by atoms with van der Waals surface area (Å²) >= 11 is 1.37. The van der Waals surface area contributed by atoms with E-state index in [1.165, 1.54) is 41.8 Å². The number of hydrogen-bond acceptors (Lipinski definition) is 6. The summed E-state index contributed by atoms with van der Waals surface area (Å²) in [7, 11) is 0. The van der Waals surface area contributed by atoms with Crippen molar-refractivity contribution in [1.29, 1.82) is 0 Å². The average Bonchev–Trinajstić information content (AvgIpc) is 3.12. The molecule has 8 heteroatoms. The van der Waals surface area contributed by atoms with E-state index < -0.39 is 5.82 Å². The summed E-state index contributed by atoms with van der Waals surface area (Å²) in [4.78, 5) is 12.9. The van der Waals surface area contributed by atoms with E-state index in [0.29, 0.717) is 27.9 Å². The quantitative estimate of drug-likeness (QED) is 0.733. The van der Waals surface area contributed by atoms with E-state index in [-0.39, 0.29) is 11.5 Å². The maximum atomic E-state index is 15.0. The number of anilines is 1. The van der Waals surface area contributed by atoms with Gasteiger partial charge in [0.1, 0.15) is 11.5 Å². The van der Waals surface area contributed by atoms with E-state index in [1.807, 2.05) is 0 Å². The van der Waals surface area contributed by atoms with E-state index in [1.54, 1.807) is 11.4 Å². The van der Waals surface area contributed by atoms with Gasteiger partial charge in [-0.3, -0.25) is 9.98 Å². The number of nitrogens with one attached hydrogen (secondary N) is 2. The second-order valence-corrected chi connectivity index (χ2v) is 6.56. The molecule has 1 aromatic carbocycles. The number of hydrogen-bond donors (Lipinski definition) is 2. The summed E-state index contributed by atoms with van der Waals surface area (Å²) in [5.41, 5.74) is 1.54. The number of aliphatic imine (C=N–C) groups is 1. The highest BCUT2D eigenvalue weighted by molar-refractivity contribution is 7.14. The van der Waals surface area contributed by atoms with Crippen LogP contribution in [0.2, 0.25) is 0 Å². The van der Waals surface area contributed by atoms with Crippen molar-refractivity contribution >= 4 is 22.4 Å². The van der Waals surface area contributed by atoms with Gasteiger partial charge < -0.3 is 10.6 Å². The van der Waals surface area contributed by atoms with Crippen LogP contribution < -0.4 is 10.6 Å². The second-order valence-electron chi connectivity index (χ2n) is 5.70. The van der Waals surface area contributed by atoms with E-state index in [2.05, 4.69) is 25.6 Å². The fourth-order valence-corrected chi connectivity index (χ4v) is 3.33. The minimum absolute atomic E-state index is 0.170. The minimum Gasteiger partial charge on any atom is -0.356 e. The van der Waals surface area contributed by atoms with Crippen LogP contribution in [-0.2, 0) is 0 Å². The lowest BCUT2D eigenvalue weighted by molar-refractivity contribution is 0.624. The number of thiazole rings is 1. The van der Waals surface area contributed by atoms with Crippen LogP contribution in [0.3, 0.4) is 0 Å². The molecule has 3 heterocycles. The van der Waals surface area contributed by atoms with Crippen LogP contribution in [0, 0.1) is 11.6 Å². The van der Waals surface area contributed by atoms with Crippen molar-refractivity contribution in [3.63, 3.8) is 0 Å². The Balaban J connectivity index is 1.63. The zero-order chi connectivity index (χ0) is 17.9. The summed E-state index contributed by atoms with van der Waals surface area (Å²) < 4.78 is 28.1. The van der Waals surface area contributed by atoms with E-state index >= 15 is 0 Å². The van der Waals surface area contributed by atoms with Gasteiger partial charge in [-0.2, -0.15) is 0 Å². The van der Waals surface area contributed by atoms with Crippen LogP contribution in [0.5, 0.6) is 0 Å². The first-order valence-corrected chi connectivity index (χ1v) is 9.00. The highest BCUT2D eigenvalue weighted by Gasteiger charge is 2.16. The van der Waals surface area contributed by atoms with Gasteiger partial charge in [-0.1, -0.05) is 0 Å². The molecule has 0 amide bonds. The summed E-state index contributed by atoms with van der Waals surface area (Å²) in [5, 5.41) is 8.67. The first kappa shape index (κ1) is 16.6. The normalized spacial score (nSPS) is 13.8. The number of aromatic nitrogens is 2. The first-order chi connectivity index (χ1) is 12.7.